The van der Waals surface area contributed by atoms with Crippen molar-refractivity contribution in [3.8, 4) is 0 Å². The minimum Gasteiger partial charge on any atom is -0.359 e. The Hall–Kier alpha value is -2.64. The molecule has 0 bridgehead atoms. The average molecular weight is 440 g/mol. The Morgan fingerprint density at radius 3 is 2.48 bits per heavy atom. The number of anilines is 1. The van der Waals surface area contributed by atoms with Crippen LogP contribution in [0.3, 0.4) is 0 Å². The van der Waals surface area contributed by atoms with Gasteiger partial charge in [0.25, 0.3) is 10.0 Å². The van der Waals surface area contributed by atoms with Crippen molar-refractivity contribution in [2.24, 2.45) is 0 Å². The van der Waals surface area contributed by atoms with E-state index in [9.17, 15) is 8.42 Å². The normalized spacial score (nSPS) is 16.0. The zero-order chi connectivity index (χ0) is 22.2. The first kappa shape index (κ1) is 21.6. The third-order valence-corrected chi connectivity index (χ3v) is 7.20. The van der Waals surface area contributed by atoms with Crippen LogP contribution in [0.4, 0.5) is 5.82 Å². The molecule has 0 aliphatic carbocycles. The fraction of sp³-hybridized carbons (Fsp3) is 0.375. The lowest BCUT2D eigenvalue weighted by Gasteiger charge is -2.34. The molecule has 0 radical (unpaired) electrons. The molecule has 1 aromatic heterocycles. The van der Waals surface area contributed by atoms with Crippen LogP contribution in [0.5, 0.6) is 0 Å². The highest BCUT2D eigenvalue weighted by atomic mass is 32.2. The van der Waals surface area contributed by atoms with Gasteiger partial charge >= 0.3 is 0 Å². The maximum absolute atomic E-state index is 13.0. The molecule has 164 valence electrons. The van der Waals surface area contributed by atoms with Gasteiger partial charge in [-0.15, -0.1) is 0 Å². The molecule has 0 spiro atoms. The average Bonchev–Trinajstić information content (AvgIpc) is 3.21. The summed E-state index contributed by atoms with van der Waals surface area (Å²) in [6.45, 7) is 9.81. The minimum atomic E-state index is -3.76. The van der Waals surface area contributed by atoms with Gasteiger partial charge in [0.05, 0.1) is 4.90 Å². The number of rotatable bonds is 5. The molecular weight excluding hydrogens is 410 g/mol. The third kappa shape index (κ3) is 4.67. The fourth-order valence-electron chi connectivity index (χ4n) is 3.87. The molecule has 7 heteroatoms. The molecule has 6 nitrogen and oxygen atoms in total. The van der Waals surface area contributed by atoms with E-state index < -0.39 is 10.0 Å². The van der Waals surface area contributed by atoms with Crippen molar-refractivity contribution in [1.29, 1.82) is 0 Å². The standard InChI is InChI=1S/C24H29N3O3S/c1-17(18-8-6-5-7-9-18)27-13-12-19-10-11-21(14-20(19)16-27)31(28,29)26-23-15-22(30-25-23)24(2,3)4/h5-11,14-15,17H,12-13,16H2,1-4H3,(H,25,26). The van der Waals surface area contributed by atoms with Crippen LogP contribution in [-0.2, 0) is 28.4 Å². The molecule has 1 unspecified atom stereocenters. The summed E-state index contributed by atoms with van der Waals surface area (Å²) in [6.07, 6.45) is 0.901. The van der Waals surface area contributed by atoms with Crippen molar-refractivity contribution in [3.05, 3.63) is 77.0 Å². The van der Waals surface area contributed by atoms with Crippen LogP contribution in [0, 0.1) is 0 Å². The lowest BCUT2D eigenvalue weighted by Crippen LogP contribution is -2.33. The lowest BCUT2D eigenvalue weighted by molar-refractivity contribution is 0.192. The van der Waals surface area contributed by atoms with Crippen molar-refractivity contribution in [3.63, 3.8) is 0 Å². The van der Waals surface area contributed by atoms with Gasteiger partial charge in [0, 0.05) is 30.6 Å². The quantitative estimate of drug-likeness (QED) is 0.612. The number of nitrogens with one attached hydrogen (secondary N) is 1. The predicted octanol–water partition coefficient (Wildman–Crippen LogP) is 4.89. The molecule has 0 fully saturated rings. The van der Waals surface area contributed by atoms with Gasteiger partial charge in [-0.2, -0.15) is 0 Å². The first-order valence-corrected chi connectivity index (χ1v) is 12.0. The summed E-state index contributed by atoms with van der Waals surface area (Å²) in [5, 5.41) is 3.88. The van der Waals surface area contributed by atoms with Crippen LogP contribution >= 0.6 is 0 Å². The highest BCUT2D eigenvalue weighted by Gasteiger charge is 2.25. The third-order valence-electron chi connectivity index (χ3n) is 5.85. The Bertz CT molecular complexity index is 1160. The van der Waals surface area contributed by atoms with Crippen molar-refractivity contribution in [1.82, 2.24) is 10.1 Å². The second-order valence-electron chi connectivity index (χ2n) is 9.17. The Balaban J connectivity index is 1.54. The highest BCUT2D eigenvalue weighted by molar-refractivity contribution is 7.92. The van der Waals surface area contributed by atoms with Gasteiger partial charge in [0.2, 0.25) is 0 Å². The molecule has 1 N–H and O–H groups in total. The van der Waals surface area contributed by atoms with E-state index in [1.807, 2.05) is 32.9 Å². The second-order valence-corrected chi connectivity index (χ2v) is 10.9. The van der Waals surface area contributed by atoms with Crippen LogP contribution in [0.25, 0.3) is 0 Å². The van der Waals surface area contributed by atoms with Crippen molar-refractivity contribution in [2.75, 3.05) is 11.3 Å². The molecule has 1 aliphatic rings. The van der Waals surface area contributed by atoms with Crippen LogP contribution in [-0.4, -0.2) is 25.0 Å². The van der Waals surface area contributed by atoms with E-state index in [1.165, 1.54) is 11.1 Å². The maximum Gasteiger partial charge on any atom is 0.263 e. The summed E-state index contributed by atoms with van der Waals surface area (Å²) in [5.41, 5.74) is 3.26. The summed E-state index contributed by atoms with van der Waals surface area (Å²) in [6, 6.07) is 17.7. The van der Waals surface area contributed by atoms with Crippen molar-refractivity contribution >= 4 is 15.8 Å². The molecule has 4 rings (SSSR count). The van der Waals surface area contributed by atoms with Crippen LogP contribution in [0.1, 0.15) is 56.2 Å². The van der Waals surface area contributed by atoms with Gasteiger partial charge in [-0.1, -0.05) is 62.3 Å². The molecule has 0 saturated carbocycles. The first-order chi connectivity index (χ1) is 14.6. The monoisotopic (exact) mass is 439 g/mol. The molecule has 1 aliphatic heterocycles. The molecule has 2 heterocycles. The summed E-state index contributed by atoms with van der Waals surface area (Å²) in [7, 11) is -3.76. The van der Waals surface area contributed by atoms with E-state index in [4.69, 9.17) is 4.52 Å². The van der Waals surface area contributed by atoms with E-state index in [0.29, 0.717) is 12.3 Å². The molecule has 1 atom stereocenters. The SMILES string of the molecule is CC(c1ccccc1)N1CCc2ccc(S(=O)(=O)Nc3cc(C(C)(C)C)on3)cc2C1. The van der Waals surface area contributed by atoms with Gasteiger partial charge in [0.1, 0.15) is 5.76 Å². The Labute approximate surface area is 184 Å². The van der Waals surface area contributed by atoms with E-state index >= 15 is 0 Å². The van der Waals surface area contributed by atoms with Gasteiger partial charge in [0.15, 0.2) is 5.82 Å². The summed E-state index contributed by atoms with van der Waals surface area (Å²) >= 11 is 0. The van der Waals surface area contributed by atoms with Crippen molar-refractivity contribution < 1.29 is 12.9 Å². The van der Waals surface area contributed by atoms with Gasteiger partial charge in [-0.25, -0.2) is 8.42 Å². The Morgan fingerprint density at radius 2 is 1.81 bits per heavy atom. The zero-order valence-corrected chi connectivity index (χ0v) is 19.2. The Morgan fingerprint density at radius 1 is 1.06 bits per heavy atom. The van der Waals surface area contributed by atoms with Crippen LogP contribution < -0.4 is 4.72 Å². The first-order valence-electron chi connectivity index (χ1n) is 10.5. The number of fused-ring (bicyclic) bond motifs is 1. The molecule has 2 aromatic carbocycles. The van der Waals surface area contributed by atoms with Crippen LogP contribution in [0.15, 0.2) is 64.0 Å². The maximum atomic E-state index is 13.0. The topological polar surface area (TPSA) is 75.4 Å². The second kappa shape index (κ2) is 8.13. The number of hydrogen-bond acceptors (Lipinski definition) is 5. The smallest absolute Gasteiger partial charge is 0.263 e. The highest BCUT2D eigenvalue weighted by Crippen LogP contribution is 2.30. The van der Waals surface area contributed by atoms with E-state index in [-0.39, 0.29) is 22.2 Å². The lowest BCUT2D eigenvalue weighted by atomic mass is 9.93. The fourth-order valence-corrected chi connectivity index (χ4v) is 4.90. The van der Waals surface area contributed by atoms with Gasteiger partial charge < -0.3 is 4.52 Å². The Kier molecular flexibility index (Phi) is 5.66. The largest absolute Gasteiger partial charge is 0.359 e. The summed E-state index contributed by atoms with van der Waals surface area (Å²) in [5.74, 6) is 0.822. The van der Waals surface area contributed by atoms with E-state index in [1.54, 1.807) is 18.2 Å². The number of aromatic nitrogens is 1. The molecule has 31 heavy (non-hydrogen) atoms. The zero-order valence-electron chi connectivity index (χ0n) is 18.4. The molecule has 0 amide bonds. The van der Waals surface area contributed by atoms with Crippen LogP contribution in [0.2, 0.25) is 0 Å². The molecule has 3 aromatic rings. The van der Waals surface area contributed by atoms with Gasteiger partial charge in [-0.3, -0.25) is 9.62 Å². The van der Waals surface area contributed by atoms with E-state index in [2.05, 4.69) is 46.0 Å². The molecular formula is C24H29N3O3S. The number of hydrogen-bond donors (Lipinski definition) is 1. The predicted molar refractivity (Wildman–Crippen MR) is 121 cm³/mol. The van der Waals surface area contributed by atoms with Crippen molar-refractivity contribution in [2.45, 2.75) is 57.0 Å². The summed E-state index contributed by atoms with van der Waals surface area (Å²) < 4.78 is 33.8. The molecule has 0 saturated heterocycles. The van der Waals surface area contributed by atoms with Gasteiger partial charge in [-0.05, 0) is 42.2 Å². The minimum absolute atomic E-state index is 0.196. The number of sulfonamides is 1. The number of benzene rings is 2. The summed E-state index contributed by atoms with van der Waals surface area (Å²) in [4.78, 5) is 2.62. The van der Waals surface area contributed by atoms with E-state index in [0.717, 1.165) is 18.5 Å². The number of nitrogens with zero attached hydrogens (tertiary/aromatic N) is 2.